The molecule has 0 radical (unpaired) electrons. The zero-order chi connectivity index (χ0) is 16.2. The second-order valence-electron chi connectivity index (χ2n) is 6.73. The molecule has 0 aliphatic carbocycles. The zero-order valence-corrected chi connectivity index (χ0v) is 14.2. The zero-order valence-electron chi connectivity index (χ0n) is 14.2. The molecule has 0 bridgehead atoms. The van der Waals surface area contributed by atoms with E-state index in [0.717, 1.165) is 26.1 Å². The van der Waals surface area contributed by atoms with E-state index in [1.54, 1.807) is 0 Å². The van der Waals surface area contributed by atoms with Gasteiger partial charge in [-0.05, 0) is 42.8 Å². The van der Waals surface area contributed by atoms with Crippen LogP contribution in [0.4, 0.5) is 0 Å². The topological polar surface area (TPSA) is 32.5 Å². The van der Waals surface area contributed by atoms with Crippen LogP contribution in [0.3, 0.4) is 0 Å². The minimum atomic E-state index is 0.357. The van der Waals surface area contributed by atoms with Gasteiger partial charge in [0.25, 0.3) is 0 Å². The van der Waals surface area contributed by atoms with Crippen molar-refractivity contribution in [2.45, 2.75) is 25.6 Å². The second-order valence-corrected chi connectivity index (χ2v) is 6.73. The van der Waals surface area contributed by atoms with Crippen LogP contribution in [0.1, 0.15) is 28.3 Å². The van der Waals surface area contributed by atoms with Gasteiger partial charge in [0, 0.05) is 32.2 Å². The van der Waals surface area contributed by atoms with E-state index < -0.39 is 0 Å². The molecule has 0 fully saturated rings. The first-order valence-corrected chi connectivity index (χ1v) is 8.42. The maximum absolute atomic E-state index is 6.11. The fraction of sp³-hybridized carbons (Fsp3) is 0.400. The summed E-state index contributed by atoms with van der Waals surface area (Å²) in [4.78, 5) is 4.73. The Balaban J connectivity index is 1.71. The van der Waals surface area contributed by atoms with Crippen LogP contribution in [0.2, 0.25) is 0 Å². The van der Waals surface area contributed by atoms with E-state index in [1.165, 1.54) is 22.3 Å². The summed E-state index contributed by atoms with van der Waals surface area (Å²) in [5.74, 6) is 0. The summed E-state index contributed by atoms with van der Waals surface area (Å²) in [5, 5.41) is 0. The summed E-state index contributed by atoms with van der Waals surface area (Å²) in [6, 6.07) is 18.0. The van der Waals surface area contributed by atoms with Crippen LogP contribution in [0.25, 0.3) is 0 Å². The lowest BCUT2D eigenvalue weighted by Crippen LogP contribution is -2.29. The fourth-order valence-corrected chi connectivity index (χ4v) is 3.52. The van der Waals surface area contributed by atoms with E-state index in [-0.39, 0.29) is 0 Å². The highest BCUT2D eigenvalue weighted by atomic mass is 15.2. The smallest absolute Gasteiger partial charge is 0.0477 e. The van der Waals surface area contributed by atoms with Gasteiger partial charge in [-0.1, -0.05) is 48.5 Å². The fourth-order valence-electron chi connectivity index (χ4n) is 3.52. The minimum Gasteiger partial charge on any atom is -0.329 e. The molecule has 1 heterocycles. The monoisotopic (exact) mass is 309 g/mol. The highest BCUT2D eigenvalue weighted by Gasteiger charge is 2.28. The number of hydrogen-bond donors (Lipinski definition) is 1. The van der Waals surface area contributed by atoms with Crippen molar-refractivity contribution in [3.63, 3.8) is 0 Å². The average Bonchev–Trinajstić information content (AvgIpc) is 2.90. The first-order chi connectivity index (χ1) is 11.2. The van der Waals surface area contributed by atoms with Gasteiger partial charge in [0.15, 0.2) is 0 Å². The number of nitrogens with two attached hydrogens (primary N) is 1. The van der Waals surface area contributed by atoms with E-state index in [9.17, 15) is 0 Å². The number of hydrogen-bond acceptors (Lipinski definition) is 3. The molecule has 0 spiro atoms. The summed E-state index contributed by atoms with van der Waals surface area (Å²) in [7, 11) is 4.22. The second kappa shape index (κ2) is 7.26. The molecular formula is C20H27N3. The maximum Gasteiger partial charge on any atom is 0.0477 e. The summed E-state index contributed by atoms with van der Waals surface area (Å²) >= 11 is 0. The van der Waals surface area contributed by atoms with Gasteiger partial charge in [-0.2, -0.15) is 0 Å². The molecule has 2 aromatic carbocycles. The maximum atomic E-state index is 6.11. The molecule has 0 aromatic heterocycles. The van der Waals surface area contributed by atoms with Crippen molar-refractivity contribution in [2.75, 3.05) is 27.2 Å². The van der Waals surface area contributed by atoms with Crippen LogP contribution in [0, 0.1) is 0 Å². The quantitative estimate of drug-likeness (QED) is 0.890. The number of rotatable bonds is 6. The molecule has 23 heavy (non-hydrogen) atoms. The lowest BCUT2D eigenvalue weighted by molar-refractivity contribution is 0.223. The lowest BCUT2D eigenvalue weighted by Gasteiger charge is -2.24. The number of fused-ring (bicyclic) bond motifs is 1. The van der Waals surface area contributed by atoms with Crippen molar-refractivity contribution >= 4 is 0 Å². The predicted molar refractivity (Wildman–Crippen MR) is 96.2 cm³/mol. The lowest BCUT2D eigenvalue weighted by atomic mass is 10.0. The Hall–Kier alpha value is -1.68. The van der Waals surface area contributed by atoms with Crippen molar-refractivity contribution in [1.29, 1.82) is 0 Å². The van der Waals surface area contributed by atoms with E-state index in [1.807, 2.05) is 0 Å². The van der Waals surface area contributed by atoms with Gasteiger partial charge in [-0.25, -0.2) is 0 Å². The van der Waals surface area contributed by atoms with Crippen LogP contribution >= 0.6 is 0 Å². The van der Waals surface area contributed by atoms with Crippen LogP contribution in [-0.4, -0.2) is 37.0 Å². The van der Waals surface area contributed by atoms with E-state index in [0.29, 0.717) is 12.6 Å². The Morgan fingerprint density at radius 1 is 1.09 bits per heavy atom. The molecule has 0 saturated carbocycles. The van der Waals surface area contributed by atoms with Gasteiger partial charge < -0.3 is 10.6 Å². The molecule has 0 amide bonds. The average molecular weight is 309 g/mol. The number of nitrogens with zero attached hydrogens (tertiary/aromatic N) is 2. The van der Waals surface area contributed by atoms with Crippen molar-refractivity contribution < 1.29 is 0 Å². The first kappa shape index (κ1) is 16.2. The van der Waals surface area contributed by atoms with Gasteiger partial charge in [-0.15, -0.1) is 0 Å². The Labute approximate surface area is 139 Å². The largest absolute Gasteiger partial charge is 0.329 e. The van der Waals surface area contributed by atoms with E-state index in [4.69, 9.17) is 5.73 Å². The van der Waals surface area contributed by atoms with Crippen molar-refractivity contribution in [1.82, 2.24) is 9.80 Å². The molecule has 122 valence electrons. The third-order valence-electron chi connectivity index (χ3n) is 4.64. The molecule has 1 unspecified atom stereocenters. The summed E-state index contributed by atoms with van der Waals surface area (Å²) in [6.07, 6.45) is 1.08. The van der Waals surface area contributed by atoms with Gasteiger partial charge in [0.1, 0.15) is 0 Å². The molecular weight excluding hydrogens is 282 g/mol. The molecule has 3 rings (SSSR count). The molecule has 2 aromatic rings. The summed E-state index contributed by atoms with van der Waals surface area (Å²) < 4.78 is 0. The molecule has 3 heteroatoms. The van der Waals surface area contributed by atoms with Crippen molar-refractivity contribution in [2.24, 2.45) is 5.73 Å². The highest BCUT2D eigenvalue weighted by Crippen LogP contribution is 2.33. The van der Waals surface area contributed by atoms with Gasteiger partial charge >= 0.3 is 0 Å². The van der Waals surface area contributed by atoms with Crippen molar-refractivity contribution in [3.8, 4) is 0 Å². The third kappa shape index (κ3) is 3.81. The molecule has 1 atom stereocenters. The third-order valence-corrected chi connectivity index (χ3v) is 4.64. The standard InChI is InChI=1S/C20H27N3/c1-22(2)14-17-8-9-18-15-23(20(13-21)19(18)12-17)11-10-16-6-4-3-5-7-16/h3-9,12,20H,10-11,13-15,21H2,1-2H3. The molecule has 1 aliphatic heterocycles. The van der Waals surface area contributed by atoms with Gasteiger partial charge in [0.05, 0.1) is 0 Å². The first-order valence-electron chi connectivity index (χ1n) is 8.42. The Morgan fingerprint density at radius 3 is 2.57 bits per heavy atom. The Kier molecular flexibility index (Phi) is 5.11. The van der Waals surface area contributed by atoms with Crippen LogP contribution in [0.5, 0.6) is 0 Å². The minimum absolute atomic E-state index is 0.357. The van der Waals surface area contributed by atoms with Crippen LogP contribution < -0.4 is 5.73 Å². The molecule has 1 aliphatic rings. The Morgan fingerprint density at radius 2 is 1.87 bits per heavy atom. The predicted octanol–water partition coefficient (Wildman–Crippen LogP) is 2.81. The SMILES string of the molecule is CN(C)Cc1ccc2c(c1)C(CN)N(CCc1ccccc1)C2. The highest BCUT2D eigenvalue weighted by molar-refractivity contribution is 5.38. The van der Waals surface area contributed by atoms with E-state index in [2.05, 4.69) is 72.4 Å². The molecule has 3 nitrogen and oxygen atoms in total. The van der Waals surface area contributed by atoms with Gasteiger partial charge in [-0.3, -0.25) is 4.90 Å². The van der Waals surface area contributed by atoms with Crippen LogP contribution in [-0.2, 0) is 19.5 Å². The van der Waals surface area contributed by atoms with Crippen molar-refractivity contribution in [3.05, 3.63) is 70.8 Å². The number of benzene rings is 2. The normalized spacial score (nSPS) is 17.7. The van der Waals surface area contributed by atoms with Crippen LogP contribution in [0.15, 0.2) is 48.5 Å². The summed E-state index contributed by atoms with van der Waals surface area (Å²) in [5.41, 5.74) is 11.7. The van der Waals surface area contributed by atoms with E-state index >= 15 is 0 Å². The summed E-state index contributed by atoms with van der Waals surface area (Å²) in [6.45, 7) is 3.75. The molecule has 2 N–H and O–H groups in total. The molecule has 0 saturated heterocycles. The van der Waals surface area contributed by atoms with Gasteiger partial charge in [0.2, 0.25) is 0 Å². The Bertz CT molecular complexity index is 637.